The number of hydrogen-bond acceptors (Lipinski definition) is 5. The molecule has 0 saturated carbocycles. The third-order valence-electron chi connectivity index (χ3n) is 7.43. The molecule has 2 unspecified atom stereocenters. The summed E-state index contributed by atoms with van der Waals surface area (Å²) in [6, 6.07) is 3.65. The molecule has 220 valence electrons. The second-order valence-corrected chi connectivity index (χ2v) is 10.3. The Morgan fingerprint density at radius 3 is 2.52 bits per heavy atom. The zero-order chi connectivity index (χ0) is 30.3. The van der Waals surface area contributed by atoms with Gasteiger partial charge in [0.15, 0.2) is 6.19 Å². The van der Waals surface area contributed by atoms with Gasteiger partial charge in [-0.2, -0.15) is 23.7 Å². The van der Waals surface area contributed by atoms with Gasteiger partial charge in [-0.1, -0.05) is 36.0 Å². The van der Waals surface area contributed by atoms with Crippen LogP contribution in [-0.4, -0.2) is 59.4 Å². The molecule has 3 amide bonds. The molecule has 42 heavy (non-hydrogen) atoms. The van der Waals surface area contributed by atoms with E-state index in [0.717, 1.165) is 24.5 Å². The van der Waals surface area contributed by atoms with Gasteiger partial charge in [0.2, 0.25) is 5.91 Å². The second-order valence-electron chi connectivity index (χ2n) is 10.3. The van der Waals surface area contributed by atoms with Gasteiger partial charge in [0.05, 0.1) is 17.6 Å². The van der Waals surface area contributed by atoms with Crippen LogP contribution in [0.5, 0.6) is 0 Å². The van der Waals surface area contributed by atoms with E-state index in [9.17, 15) is 37.7 Å². The van der Waals surface area contributed by atoms with Crippen LogP contribution in [0, 0.1) is 40.4 Å². The predicted octanol–water partition coefficient (Wildman–Crippen LogP) is 5.57. The number of amides is 3. The van der Waals surface area contributed by atoms with Crippen LogP contribution in [-0.2, 0) is 11.0 Å². The van der Waals surface area contributed by atoms with Crippen molar-refractivity contribution >= 4 is 17.6 Å². The smallest absolute Gasteiger partial charge is 0.341 e. The van der Waals surface area contributed by atoms with Gasteiger partial charge in [-0.15, -0.1) is 0 Å². The van der Waals surface area contributed by atoms with Crippen molar-refractivity contribution in [3.8, 4) is 12.3 Å². The third-order valence-corrected chi connectivity index (χ3v) is 7.43. The Morgan fingerprint density at radius 1 is 1.12 bits per heavy atom. The molecule has 1 aromatic carbocycles. The lowest BCUT2D eigenvalue weighted by Crippen LogP contribution is -2.42. The molecule has 0 bridgehead atoms. The number of likely N-dealkylation sites (tertiary alicyclic amines) is 1. The molecule has 1 saturated heterocycles. The molecule has 0 spiro atoms. The lowest BCUT2D eigenvalue weighted by Gasteiger charge is -2.30. The van der Waals surface area contributed by atoms with E-state index in [0.29, 0.717) is 43.8 Å². The highest BCUT2D eigenvalue weighted by atomic mass is 19.4. The lowest BCUT2D eigenvalue weighted by atomic mass is 9.83. The molecule has 1 fully saturated rings. The Labute approximate surface area is 241 Å². The number of urea groups is 1. The summed E-state index contributed by atoms with van der Waals surface area (Å²) in [6.07, 6.45) is 11.0. The number of carbonyl (C=O) groups is 2. The Kier molecular flexibility index (Phi) is 9.68. The van der Waals surface area contributed by atoms with Gasteiger partial charge in [-0.25, -0.2) is 9.18 Å². The first-order chi connectivity index (χ1) is 20.1. The molecular formula is C30H30F4N6O2. The van der Waals surface area contributed by atoms with Crippen molar-refractivity contribution in [1.82, 2.24) is 14.7 Å². The van der Waals surface area contributed by atoms with Gasteiger partial charge >= 0.3 is 12.2 Å². The van der Waals surface area contributed by atoms with E-state index in [1.54, 1.807) is 11.0 Å². The summed E-state index contributed by atoms with van der Waals surface area (Å²) < 4.78 is 53.5. The minimum Gasteiger partial charge on any atom is -0.341 e. The van der Waals surface area contributed by atoms with Crippen LogP contribution >= 0.6 is 0 Å². The van der Waals surface area contributed by atoms with Gasteiger partial charge in [0.1, 0.15) is 12.4 Å². The van der Waals surface area contributed by atoms with Gasteiger partial charge in [-0.05, 0) is 50.0 Å². The van der Waals surface area contributed by atoms with Crippen LogP contribution in [0.2, 0.25) is 0 Å². The molecule has 0 radical (unpaired) electrons. The summed E-state index contributed by atoms with van der Waals surface area (Å²) in [5.74, 6) is -1.87. The topological polar surface area (TPSA) is 103 Å². The first-order valence-corrected chi connectivity index (χ1v) is 13.6. The monoisotopic (exact) mass is 582 g/mol. The molecule has 0 aromatic heterocycles. The standard InChI is InChI=1S/C30H30F4N6O2/c31-27-11-8-24(17-26(27)30(32,33)34)37-29(42)40(15-14-38(20-36)19-28(41)39-12-1-2-13-39)25-9-6-22(7-10-25)23-5-3-4-21(16-23)18-35/h3-6,8-11,17,21-22H,1-2,7,12-16,19H2,(H,37,42). The second kappa shape index (κ2) is 13.4. The van der Waals surface area contributed by atoms with E-state index >= 15 is 0 Å². The maximum atomic E-state index is 13.8. The average Bonchev–Trinajstić information content (AvgIpc) is 3.53. The minimum absolute atomic E-state index is 0.000377. The van der Waals surface area contributed by atoms with Crippen LogP contribution in [0.15, 0.2) is 65.9 Å². The van der Waals surface area contributed by atoms with Crippen molar-refractivity contribution in [3.05, 3.63) is 77.3 Å². The number of alkyl halides is 3. The van der Waals surface area contributed by atoms with Crippen LogP contribution in [0.3, 0.4) is 0 Å². The number of nitrogens with zero attached hydrogens (tertiary/aromatic N) is 5. The van der Waals surface area contributed by atoms with E-state index in [-0.39, 0.29) is 43.1 Å². The summed E-state index contributed by atoms with van der Waals surface area (Å²) in [7, 11) is 0. The predicted molar refractivity (Wildman–Crippen MR) is 146 cm³/mol. The quantitative estimate of drug-likeness (QED) is 0.245. The van der Waals surface area contributed by atoms with E-state index in [2.05, 4.69) is 11.4 Å². The normalized spacial score (nSPS) is 19.8. The van der Waals surface area contributed by atoms with Crippen molar-refractivity contribution in [2.75, 3.05) is 38.0 Å². The Bertz CT molecular complexity index is 1400. The van der Waals surface area contributed by atoms with Crippen molar-refractivity contribution in [3.63, 3.8) is 0 Å². The Morgan fingerprint density at radius 2 is 1.88 bits per heavy atom. The van der Waals surface area contributed by atoms with Crippen molar-refractivity contribution in [1.29, 1.82) is 10.5 Å². The molecule has 2 aliphatic carbocycles. The summed E-state index contributed by atoms with van der Waals surface area (Å²) in [5, 5.41) is 21.3. The maximum Gasteiger partial charge on any atom is 0.419 e. The number of nitrogens with one attached hydrogen (secondary N) is 1. The van der Waals surface area contributed by atoms with Crippen LogP contribution < -0.4 is 5.32 Å². The fourth-order valence-corrected chi connectivity index (χ4v) is 5.13. The van der Waals surface area contributed by atoms with E-state index in [4.69, 9.17) is 0 Å². The lowest BCUT2D eigenvalue weighted by molar-refractivity contribution is -0.140. The number of carbonyl (C=O) groups excluding carboxylic acids is 2. The van der Waals surface area contributed by atoms with E-state index < -0.39 is 23.6 Å². The molecule has 2 atom stereocenters. The fraction of sp³-hybridized carbons (Fsp3) is 0.400. The highest BCUT2D eigenvalue weighted by Crippen LogP contribution is 2.34. The molecule has 3 aliphatic rings. The van der Waals surface area contributed by atoms with E-state index in [1.165, 1.54) is 9.80 Å². The molecule has 1 aliphatic heterocycles. The average molecular weight is 583 g/mol. The minimum atomic E-state index is -4.95. The Hall–Kier alpha value is -4.58. The fourth-order valence-electron chi connectivity index (χ4n) is 5.13. The summed E-state index contributed by atoms with van der Waals surface area (Å²) in [6.45, 7) is 1.05. The first kappa shape index (κ1) is 30.4. The summed E-state index contributed by atoms with van der Waals surface area (Å²) >= 11 is 0. The summed E-state index contributed by atoms with van der Waals surface area (Å²) in [4.78, 5) is 30.2. The number of hydrogen-bond donors (Lipinski definition) is 1. The summed E-state index contributed by atoms with van der Waals surface area (Å²) in [5.41, 5.74) is -0.240. The molecule has 12 heteroatoms. The van der Waals surface area contributed by atoms with Gasteiger partial charge < -0.3 is 10.2 Å². The number of nitriles is 2. The number of benzene rings is 1. The molecule has 1 heterocycles. The largest absolute Gasteiger partial charge is 0.419 e. The van der Waals surface area contributed by atoms with Crippen LogP contribution in [0.25, 0.3) is 0 Å². The molecule has 1 aromatic rings. The molecular weight excluding hydrogens is 552 g/mol. The van der Waals surface area contributed by atoms with Gasteiger partial charge in [0.25, 0.3) is 0 Å². The molecule has 1 N–H and O–H groups in total. The highest BCUT2D eigenvalue weighted by molar-refractivity contribution is 5.91. The molecule has 8 nitrogen and oxygen atoms in total. The first-order valence-electron chi connectivity index (χ1n) is 13.6. The SMILES string of the molecule is N#CC1C=CC=C(C2C=CC(N(CCN(C#N)CC(=O)N3CCCC3)C(=O)Nc3ccc(F)c(C(F)(F)F)c3)=CC2)C1. The number of rotatable bonds is 8. The van der Waals surface area contributed by atoms with Crippen LogP contribution in [0.1, 0.15) is 31.2 Å². The number of halogens is 4. The van der Waals surface area contributed by atoms with Crippen LogP contribution in [0.4, 0.5) is 28.0 Å². The maximum absolute atomic E-state index is 13.8. The number of anilines is 1. The highest BCUT2D eigenvalue weighted by Gasteiger charge is 2.34. The number of allylic oxidation sites excluding steroid dienone is 7. The zero-order valence-electron chi connectivity index (χ0n) is 22.8. The zero-order valence-corrected chi connectivity index (χ0v) is 22.8. The third kappa shape index (κ3) is 7.58. The van der Waals surface area contributed by atoms with E-state index in [1.807, 2.05) is 36.6 Å². The molecule has 4 rings (SSSR count). The van der Waals surface area contributed by atoms with Crippen molar-refractivity contribution in [2.45, 2.75) is 31.9 Å². The van der Waals surface area contributed by atoms with Gasteiger partial charge in [-0.3, -0.25) is 14.6 Å². The van der Waals surface area contributed by atoms with Crippen molar-refractivity contribution in [2.24, 2.45) is 11.8 Å². The Balaban J connectivity index is 1.50. The van der Waals surface area contributed by atoms with Gasteiger partial charge in [0, 0.05) is 43.5 Å². The van der Waals surface area contributed by atoms with Crippen molar-refractivity contribution < 1.29 is 27.2 Å².